The van der Waals surface area contributed by atoms with E-state index in [1.165, 1.54) is 5.56 Å². The van der Waals surface area contributed by atoms with E-state index >= 15 is 0 Å². The van der Waals surface area contributed by atoms with Crippen LogP contribution in [0.5, 0.6) is 0 Å². The van der Waals surface area contributed by atoms with Gasteiger partial charge in [-0.3, -0.25) is 9.59 Å². The largest absolute Gasteiger partial charge is 0.481 e. The zero-order chi connectivity index (χ0) is 25.3. The van der Waals surface area contributed by atoms with Gasteiger partial charge in [-0.1, -0.05) is 72.3 Å². The van der Waals surface area contributed by atoms with E-state index in [1.54, 1.807) is 23.5 Å². The Morgan fingerprint density at radius 2 is 1.67 bits per heavy atom. The summed E-state index contributed by atoms with van der Waals surface area (Å²) in [5.41, 5.74) is 4.54. The summed E-state index contributed by atoms with van der Waals surface area (Å²) in [7, 11) is 0. The van der Waals surface area contributed by atoms with Gasteiger partial charge in [-0.2, -0.15) is 0 Å². The maximum atomic E-state index is 12.3. The van der Waals surface area contributed by atoms with Crippen LogP contribution in [0.4, 0.5) is 5.13 Å². The Morgan fingerprint density at radius 1 is 0.944 bits per heavy atom. The lowest BCUT2D eigenvalue weighted by Gasteiger charge is -2.22. The predicted octanol–water partition coefficient (Wildman–Crippen LogP) is 5.92. The molecule has 0 unspecified atom stereocenters. The number of nitrogens with zero attached hydrogens (tertiary/aromatic N) is 2. The molecule has 0 aliphatic heterocycles. The average Bonchev–Trinajstić information content (AvgIpc) is 3.37. The fourth-order valence-electron chi connectivity index (χ4n) is 3.72. The molecule has 6 nitrogen and oxygen atoms in total. The summed E-state index contributed by atoms with van der Waals surface area (Å²) >= 11 is 7.97. The number of amides is 1. The first-order chi connectivity index (χ1) is 17.5. The normalized spacial score (nSPS) is 10.7. The van der Waals surface area contributed by atoms with Crippen molar-refractivity contribution in [2.45, 2.75) is 19.4 Å². The summed E-state index contributed by atoms with van der Waals surface area (Å²) < 4.78 is 0. The first kappa shape index (κ1) is 25.4. The zero-order valence-electron chi connectivity index (χ0n) is 19.6. The lowest BCUT2D eigenvalue weighted by atomic mass is 10.1. The Balaban J connectivity index is 1.50. The third-order valence-electron chi connectivity index (χ3n) is 5.64. The summed E-state index contributed by atoms with van der Waals surface area (Å²) in [6.45, 7) is 1.50. The van der Waals surface area contributed by atoms with E-state index in [0.717, 1.165) is 34.9 Å². The number of carbonyl (C=O) groups is 2. The third-order valence-corrected chi connectivity index (χ3v) is 6.87. The van der Waals surface area contributed by atoms with E-state index in [0.29, 0.717) is 17.1 Å². The van der Waals surface area contributed by atoms with Gasteiger partial charge in [0.25, 0.3) is 5.91 Å². The second kappa shape index (κ2) is 12.3. The minimum atomic E-state index is -0.943. The number of hydrogen-bond donors (Lipinski definition) is 2. The van der Waals surface area contributed by atoms with Crippen LogP contribution in [0.25, 0.3) is 11.3 Å². The monoisotopic (exact) mass is 519 g/mol. The smallest absolute Gasteiger partial charge is 0.305 e. The number of anilines is 1. The van der Waals surface area contributed by atoms with Crippen LogP contribution >= 0.6 is 22.9 Å². The van der Waals surface area contributed by atoms with Gasteiger partial charge in [0.1, 0.15) is 0 Å². The standard InChI is InChI=1S/C28H26ClN3O3S/c29-24-9-5-4-8-23(24)25-19-36-28(31-25)32(17-15-20-6-2-1-3-7-20)18-21-10-12-22(13-11-21)27(35)30-16-14-26(33)34/h1-13,19H,14-18H2,(H,30,35)(H,33,34). The quantitative estimate of drug-likeness (QED) is 0.257. The number of rotatable bonds is 11. The molecule has 1 aromatic heterocycles. The zero-order valence-corrected chi connectivity index (χ0v) is 21.1. The maximum absolute atomic E-state index is 12.3. The molecule has 1 heterocycles. The van der Waals surface area contributed by atoms with Gasteiger partial charge in [0.2, 0.25) is 0 Å². The number of nitrogens with one attached hydrogen (secondary N) is 1. The lowest BCUT2D eigenvalue weighted by Crippen LogP contribution is -2.26. The Morgan fingerprint density at radius 3 is 2.39 bits per heavy atom. The summed E-state index contributed by atoms with van der Waals surface area (Å²) in [5, 5.41) is 15.0. The van der Waals surface area contributed by atoms with Crippen LogP contribution in [-0.4, -0.2) is 35.1 Å². The van der Waals surface area contributed by atoms with Crippen LogP contribution in [0.15, 0.2) is 84.2 Å². The van der Waals surface area contributed by atoms with Crippen LogP contribution in [0.2, 0.25) is 5.02 Å². The number of halogens is 1. The van der Waals surface area contributed by atoms with Crippen molar-refractivity contribution < 1.29 is 14.7 Å². The van der Waals surface area contributed by atoms with Gasteiger partial charge >= 0.3 is 5.97 Å². The molecular weight excluding hydrogens is 494 g/mol. The van der Waals surface area contributed by atoms with E-state index in [1.807, 2.05) is 60.0 Å². The van der Waals surface area contributed by atoms with Crippen molar-refractivity contribution in [2.24, 2.45) is 0 Å². The van der Waals surface area contributed by atoms with E-state index < -0.39 is 5.97 Å². The van der Waals surface area contributed by atoms with Crippen molar-refractivity contribution >= 4 is 39.9 Å². The molecule has 0 saturated carbocycles. The average molecular weight is 520 g/mol. The molecular formula is C28H26ClN3O3S. The van der Waals surface area contributed by atoms with Crippen LogP contribution < -0.4 is 10.2 Å². The second-order valence-electron chi connectivity index (χ2n) is 8.25. The number of carboxylic acid groups (broad SMARTS) is 1. The molecule has 0 atom stereocenters. The SMILES string of the molecule is O=C(O)CCNC(=O)c1ccc(CN(CCc2ccccc2)c2nc(-c3ccccc3Cl)cs2)cc1. The molecule has 4 rings (SSSR count). The lowest BCUT2D eigenvalue weighted by molar-refractivity contribution is -0.136. The van der Waals surface area contributed by atoms with Crippen LogP contribution in [0.3, 0.4) is 0 Å². The van der Waals surface area contributed by atoms with Gasteiger partial charge in [-0.25, -0.2) is 4.98 Å². The minimum absolute atomic E-state index is 0.0982. The van der Waals surface area contributed by atoms with E-state index in [4.69, 9.17) is 21.7 Å². The molecule has 4 aromatic rings. The summed E-state index contributed by atoms with van der Waals surface area (Å²) in [6.07, 6.45) is 0.760. The Labute approximate surface area is 219 Å². The second-order valence-corrected chi connectivity index (χ2v) is 9.49. The highest BCUT2D eigenvalue weighted by Crippen LogP contribution is 2.32. The number of hydrogen-bond acceptors (Lipinski definition) is 5. The number of carboxylic acids is 1. The van der Waals surface area contributed by atoms with Gasteiger partial charge in [-0.05, 0) is 35.7 Å². The van der Waals surface area contributed by atoms with Crippen molar-refractivity contribution in [1.82, 2.24) is 10.3 Å². The molecule has 0 saturated heterocycles. The molecule has 0 bridgehead atoms. The van der Waals surface area contributed by atoms with E-state index in [-0.39, 0.29) is 18.9 Å². The van der Waals surface area contributed by atoms with Crippen LogP contribution in [0, 0.1) is 0 Å². The molecule has 8 heteroatoms. The number of benzene rings is 3. The minimum Gasteiger partial charge on any atom is -0.481 e. The molecule has 1 amide bonds. The van der Waals surface area contributed by atoms with Gasteiger partial charge in [-0.15, -0.1) is 11.3 Å². The van der Waals surface area contributed by atoms with Crippen LogP contribution in [-0.2, 0) is 17.8 Å². The Kier molecular flexibility index (Phi) is 8.71. The molecule has 0 aliphatic carbocycles. The number of carbonyl (C=O) groups excluding carboxylic acids is 1. The molecule has 0 fully saturated rings. The Bertz CT molecular complexity index is 1310. The van der Waals surface area contributed by atoms with Gasteiger partial charge < -0.3 is 15.3 Å². The van der Waals surface area contributed by atoms with Crippen molar-refractivity contribution in [3.05, 3.63) is 106 Å². The van der Waals surface area contributed by atoms with Gasteiger partial charge in [0.05, 0.1) is 12.1 Å². The number of thiazole rings is 1. The fourth-order valence-corrected chi connectivity index (χ4v) is 4.81. The molecule has 184 valence electrons. The highest BCUT2D eigenvalue weighted by atomic mass is 35.5. The molecule has 0 spiro atoms. The number of aromatic nitrogens is 1. The maximum Gasteiger partial charge on any atom is 0.305 e. The van der Waals surface area contributed by atoms with Gasteiger partial charge in [0, 0.05) is 41.2 Å². The third kappa shape index (κ3) is 6.93. The first-order valence-corrected chi connectivity index (χ1v) is 12.8. The van der Waals surface area contributed by atoms with E-state index in [2.05, 4.69) is 22.3 Å². The van der Waals surface area contributed by atoms with Gasteiger partial charge in [0.15, 0.2) is 5.13 Å². The first-order valence-electron chi connectivity index (χ1n) is 11.6. The number of aliphatic carboxylic acids is 1. The summed E-state index contributed by atoms with van der Waals surface area (Å²) in [6, 6.07) is 25.4. The topological polar surface area (TPSA) is 82.5 Å². The molecule has 3 aromatic carbocycles. The highest BCUT2D eigenvalue weighted by molar-refractivity contribution is 7.14. The van der Waals surface area contributed by atoms with E-state index in [9.17, 15) is 9.59 Å². The highest BCUT2D eigenvalue weighted by Gasteiger charge is 2.15. The van der Waals surface area contributed by atoms with Crippen molar-refractivity contribution in [1.29, 1.82) is 0 Å². The molecule has 2 N–H and O–H groups in total. The molecule has 0 aliphatic rings. The van der Waals surface area contributed by atoms with Crippen LogP contribution in [0.1, 0.15) is 27.9 Å². The predicted molar refractivity (Wildman–Crippen MR) is 145 cm³/mol. The van der Waals surface area contributed by atoms with Crippen molar-refractivity contribution in [3.63, 3.8) is 0 Å². The molecule has 36 heavy (non-hydrogen) atoms. The molecule has 0 radical (unpaired) electrons. The summed E-state index contributed by atoms with van der Waals surface area (Å²) in [5.74, 6) is -1.23. The van der Waals surface area contributed by atoms with Crippen molar-refractivity contribution in [2.75, 3.05) is 18.0 Å². The summed E-state index contributed by atoms with van der Waals surface area (Å²) in [4.78, 5) is 30.1. The fraction of sp³-hybridized carbons (Fsp3) is 0.179. The van der Waals surface area contributed by atoms with Crippen molar-refractivity contribution in [3.8, 4) is 11.3 Å². The Hall–Kier alpha value is -3.68.